The lowest BCUT2D eigenvalue weighted by Crippen LogP contribution is -2.40. The molecule has 0 aliphatic carbocycles. The summed E-state index contributed by atoms with van der Waals surface area (Å²) in [5.41, 5.74) is 0. The first-order valence-corrected chi connectivity index (χ1v) is 4.00. The summed E-state index contributed by atoms with van der Waals surface area (Å²) in [6, 6.07) is 0.751. The molecule has 0 aliphatic rings. The van der Waals surface area contributed by atoms with Gasteiger partial charge in [0.2, 0.25) is 0 Å². The summed E-state index contributed by atoms with van der Waals surface area (Å²) in [5, 5.41) is 7.56. The first kappa shape index (κ1) is 10.2. The van der Waals surface area contributed by atoms with Crippen LogP contribution in [0.15, 0.2) is 12.7 Å². The zero-order valence-electron chi connectivity index (χ0n) is 7.89. The van der Waals surface area contributed by atoms with E-state index in [9.17, 15) is 0 Å². The van der Waals surface area contributed by atoms with Crippen molar-refractivity contribution in [1.82, 2.24) is 4.90 Å². The van der Waals surface area contributed by atoms with Gasteiger partial charge >= 0.3 is 0 Å². The molecule has 0 saturated carbocycles. The maximum absolute atomic E-state index is 7.56. The topological polar surface area (TPSA) is 27.1 Å². The summed E-state index contributed by atoms with van der Waals surface area (Å²) < 4.78 is 0. The first-order chi connectivity index (χ1) is 5.00. The molecule has 2 nitrogen and oxygen atoms in total. The Labute approximate surface area is 69.4 Å². The SMILES string of the molecule is C=CC(=N)N(C(C)C)C(C)C. The molecule has 0 heterocycles. The molecule has 0 radical (unpaired) electrons. The fraction of sp³-hybridized carbons (Fsp3) is 0.667. The highest BCUT2D eigenvalue weighted by molar-refractivity contribution is 5.90. The molecule has 0 aromatic rings. The third-order valence-electron chi connectivity index (χ3n) is 1.58. The summed E-state index contributed by atoms with van der Waals surface area (Å²) in [6.07, 6.45) is 1.58. The second-order valence-electron chi connectivity index (χ2n) is 3.18. The number of nitrogens with one attached hydrogen (secondary N) is 1. The number of rotatable bonds is 3. The predicted octanol–water partition coefficient (Wildman–Crippen LogP) is 2.27. The monoisotopic (exact) mass is 154 g/mol. The minimum atomic E-state index is 0.375. The van der Waals surface area contributed by atoms with Crippen LogP contribution in [0.3, 0.4) is 0 Å². The number of hydrogen-bond acceptors (Lipinski definition) is 1. The Morgan fingerprint density at radius 2 is 1.64 bits per heavy atom. The van der Waals surface area contributed by atoms with E-state index < -0.39 is 0 Å². The van der Waals surface area contributed by atoms with Crippen LogP contribution in [0.2, 0.25) is 0 Å². The zero-order valence-corrected chi connectivity index (χ0v) is 7.89. The second-order valence-corrected chi connectivity index (χ2v) is 3.18. The molecule has 0 fully saturated rings. The van der Waals surface area contributed by atoms with E-state index in [1.165, 1.54) is 0 Å². The van der Waals surface area contributed by atoms with Crippen molar-refractivity contribution in [3.05, 3.63) is 12.7 Å². The highest BCUT2D eigenvalue weighted by Crippen LogP contribution is 2.05. The third kappa shape index (κ3) is 2.74. The number of hydrogen-bond donors (Lipinski definition) is 1. The Kier molecular flexibility index (Phi) is 3.86. The largest absolute Gasteiger partial charge is 0.352 e. The molecular formula is C9H18N2. The fourth-order valence-corrected chi connectivity index (χ4v) is 1.26. The van der Waals surface area contributed by atoms with E-state index in [0.717, 1.165) is 0 Å². The van der Waals surface area contributed by atoms with Crippen molar-refractivity contribution in [1.29, 1.82) is 5.41 Å². The summed E-state index contributed by atoms with van der Waals surface area (Å²) >= 11 is 0. The van der Waals surface area contributed by atoms with Gasteiger partial charge < -0.3 is 4.90 Å². The van der Waals surface area contributed by atoms with Gasteiger partial charge in [-0.1, -0.05) is 6.58 Å². The van der Waals surface area contributed by atoms with Crippen LogP contribution in [-0.2, 0) is 0 Å². The van der Waals surface area contributed by atoms with Gasteiger partial charge in [-0.05, 0) is 33.8 Å². The Balaban J connectivity index is 4.33. The molecule has 0 bridgehead atoms. The maximum Gasteiger partial charge on any atom is 0.120 e. The molecule has 0 aliphatic heterocycles. The molecule has 0 atom stereocenters. The molecule has 0 saturated heterocycles. The first-order valence-electron chi connectivity index (χ1n) is 4.00. The van der Waals surface area contributed by atoms with Crippen LogP contribution >= 0.6 is 0 Å². The van der Waals surface area contributed by atoms with E-state index in [0.29, 0.717) is 17.9 Å². The van der Waals surface area contributed by atoms with Crippen molar-refractivity contribution in [2.45, 2.75) is 39.8 Å². The molecule has 0 rings (SSSR count). The van der Waals surface area contributed by atoms with Crippen LogP contribution in [0.1, 0.15) is 27.7 Å². The highest BCUT2D eigenvalue weighted by atomic mass is 15.2. The van der Waals surface area contributed by atoms with Gasteiger partial charge in [0, 0.05) is 12.1 Å². The van der Waals surface area contributed by atoms with Gasteiger partial charge in [-0.15, -0.1) is 0 Å². The molecule has 11 heavy (non-hydrogen) atoms. The molecular weight excluding hydrogens is 136 g/mol. The van der Waals surface area contributed by atoms with Crippen LogP contribution in [0.5, 0.6) is 0 Å². The average molecular weight is 154 g/mol. The van der Waals surface area contributed by atoms with E-state index in [4.69, 9.17) is 5.41 Å². The molecule has 64 valence electrons. The van der Waals surface area contributed by atoms with Crippen LogP contribution in [0.25, 0.3) is 0 Å². The Morgan fingerprint density at radius 3 is 1.73 bits per heavy atom. The molecule has 0 unspecified atom stereocenters. The van der Waals surface area contributed by atoms with Crippen LogP contribution in [0.4, 0.5) is 0 Å². The van der Waals surface area contributed by atoms with Gasteiger partial charge in [0.1, 0.15) is 5.84 Å². The lowest BCUT2D eigenvalue weighted by atomic mass is 10.2. The predicted molar refractivity (Wildman–Crippen MR) is 50.0 cm³/mol. The number of nitrogens with zero attached hydrogens (tertiary/aromatic N) is 1. The van der Waals surface area contributed by atoms with Gasteiger partial charge in [-0.3, -0.25) is 5.41 Å². The summed E-state index contributed by atoms with van der Waals surface area (Å²) in [6.45, 7) is 11.9. The Bertz CT molecular complexity index is 140. The van der Waals surface area contributed by atoms with Crippen LogP contribution in [-0.4, -0.2) is 22.8 Å². The van der Waals surface area contributed by atoms with E-state index in [1.54, 1.807) is 6.08 Å². The van der Waals surface area contributed by atoms with Gasteiger partial charge in [-0.25, -0.2) is 0 Å². The highest BCUT2D eigenvalue weighted by Gasteiger charge is 2.13. The Hall–Kier alpha value is -0.790. The zero-order chi connectivity index (χ0) is 9.02. The molecule has 0 amide bonds. The molecule has 1 N–H and O–H groups in total. The lowest BCUT2D eigenvalue weighted by Gasteiger charge is -2.31. The van der Waals surface area contributed by atoms with Crippen molar-refractivity contribution in [2.75, 3.05) is 0 Å². The van der Waals surface area contributed by atoms with Crippen molar-refractivity contribution in [2.24, 2.45) is 0 Å². The molecule has 0 aromatic heterocycles. The maximum atomic E-state index is 7.56. The lowest BCUT2D eigenvalue weighted by molar-refractivity contribution is 0.292. The van der Waals surface area contributed by atoms with Gasteiger partial charge in [0.05, 0.1) is 0 Å². The van der Waals surface area contributed by atoms with Crippen molar-refractivity contribution in [3.8, 4) is 0 Å². The van der Waals surface area contributed by atoms with Crippen molar-refractivity contribution < 1.29 is 0 Å². The quantitative estimate of drug-likeness (QED) is 0.490. The van der Waals surface area contributed by atoms with E-state index in [1.807, 2.05) is 4.90 Å². The standard InChI is InChI=1S/C9H18N2/c1-6-9(10)11(7(2)3)8(4)5/h6-8,10H,1H2,2-5H3. The van der Waals surface area contributed by atoms with Crippen molar-refractivity contribution in [3.63, 3.8) is 0 Å². The average Bonchev–Trinajstić information content (AvgIpc) is 1.85. The summed E-state index contributed by atoms with van der Waals surface area (Å²) in [7, 11) is 0. The minimum Gasteiger partial charge on any atom is -0.352 e. The minimum absolute atomic E-state index is 0.375. The number of amidine groups is 1. The van der Waals surface area contributed by atoms with Gasteiger partial charge in [0.15, 0.2) is 0 Å². The summed E-state index contributed by atoms with van der Waals surface area (Å²) in [5.74, 6) is 0.509. The molecule has 0 spiro atoms. The van der Waals surface area contributed by atoms with Crippen LogP contribution in [0, 0.1) is 5.41 Å². The Morgan fingerprint density at radius 1 is 1.27 bits per heavy atom. The van der Waals surface area contributed by atoms with Gasteiger partial charge in [-0.2, -0.15) is 0 Å². The van der Waals surface area contributed by atoms with E-state index in [2.05, 4.69) is 34.3 Å². The van der Waals surface area contributed by atoms with Crippen LogP contribution < -0.4 is 0 Å². The van der Waals surface area contributed by atoms with Gasteiger partial charge in [0.25, 0.3) is 0 Å². The van der Waals surface area contributed by atoms with E-state index in [-0.39, 0.29) is 0 Å². The third-order valence-corrected chi connectivity index (χ3v) is 1.58. The molecule has 2 heteroatoms. The fourth-order valence-electron chi connectivity index (χ4n) is 1.26. The van der Waals surface area contributed by atoms with E-state index >= 15 is 0 Å². The molecule has 0 aromatic carbocycles. The smallest absolute Gasteiger partial charge is 0.120 e. The van der Waals surface area contributed by atoms with Crippen molar-refractivity contribution >= 4 is 5.84 Å². The normalized spacial score (nSPS) is 10.4. The second kappa shape index (κ2) is 4.16. The summed E-state index contributed by atoms with van der Waals surface area (Å²) in [4.78, 5) is 2.02.